The van der Waals surface area contributed by atoms with Gasteiger partial charge in [0.1, 0.15) is 5.82 Å². The van der Waals surface area contributed by atoms with Gasteiger partial charge in [0.25, 0.3) is 0 Å². The Morgan fingerprint density at radius 2 is 1.89 bits per heavy atom. The van der Waals surface area contributed by atoms with Crippen molar-refractivity contribution >= 4 is 5.82 Å². The van der Waals surface area contributed by atoms with Crippen LogP contribution in [0.5, 0.6) is 5.75 Å². The average molecular weight is 257 g/mol. The van der Waals surface area contributed by atoms with E-state index in [4.69, 9.17) is 10.5 Å². The summed E-state index contributed by atoms with van der Waals surface area (Å²) in [7, 11) is 2.73. The summed E-state index contributed by atoms with van der Waals surface area (Å²) in [6.07, 6.45) is 1.32. The van der Waals surface area contributed by atoms with E-state index in [1.54, 1.807) is 7.05 Å². The molecule has 0 amide bonds. The lowest BCUT2D eigenvalue weighted by Gasteiger charge is -2.10. The van der Waals surface area contributed by atoms with Crippen LogP contribution in [0.2, 0.25) is 0 Å². The molecule has 0 aliphatic rings. The molecule has 2 aromatic rings. The molecule has 1 aromatic heterocycles. The second kappa shape index (κ2) is 4.25. The molecule has 18 heavy (non-hydrogen) atoms. The predicted molar refractivity (Wildman–Crippen MR) is 59.5 cm³/mol. The topological polar surface area (TPSA) is 53.1 Å². The first-order valence-electron chi connectivity index (χ1n) is 4.96. The van der Waals surface area contributed by atoms with Crippen molar-refractivity contribution in [3.63, 3.8) is 0 Å². The summed E-state index contributed by atoms with van der Waals surface area (Å²) in [6, 6.07) is 0.824. The number of halogens is 3. The predicted octanol–water partition coefficient (Wildman–Crippen LogP) is 2.10. The van der Waals surface area contributed by atoms with Gasteiger partial charge in [0.15, 0.2) is 17.4 Å². The maximum absolute atomic E-state index is 13.5. The maximum atomic E-state index is 13.5. The Kier molecular flexibility index (Phi) is 2.90. The van der Waals surface area contributed by atoms with Gasteiger partial charge < -0.3 is 10.5 Å². The Morgan fingerprint density at radius 1 is 1.22 bits per heavy atom. The van der Waals surface area contributed by atoms with Crippen LogP contribution in [0.3, 0.4) is 0 Å². The van der Waals surface area contributed by atoms with E-state index >= 15 is 0 Å². The number of nitrogens with zero attached hydrogens (tertiary/aromatic N) is 2. The van der Waals surface area contributed by atoms with Crippen LogP contribution < -0.4 is 10.5 Å². The van der Waals surface area contributed by atoms with E-state index in [1.807, 2.05) is 0 Å². The monoisotopic (exact) mass is 257 g/mol. The molecular weight excluding hydrogens is 247 g/mol. The fraction of sp³-hybridized carbons (Fsp3) is 0.182. The number of nitrogen functional groups attached to an aromatic ring is 1. The van der Waals surface area contributed by atoms with Crippen molar-refractivity contribution in [3.05, 3.63) is 29.7 Å². The van der Waals surface area contributed by atoms with Gasteiger partial charge in [0.2, 0.25) is 5.82 Å². The van der Waals surface area contributed by atoms with Crippen LogP contribution in [0, 0.1) is 17.5 Å². The molecular formula is C11H10F3N3O. The number of ether oxygens (including phenoxy) is 1. The third kappa shape index (κ3) is 1.68. The second-order valence-corrected chi connectivity index (χ2v) is 3.63. The lowest BCUT2D eigenvalue weighted by molar-refractivity contribution is 0.362. The van der Waals surface area contributed by atoms with Gasteiger partial charge in [-0.1, -0.05) is 0 Å². The minimum Gasteiger partial charge on any atom is -0.493 e. The summed E-state index contributed by atoms with van der Waals surface area (Å²) in [5.74, 6) is -4.51. The highest BCUT2D eigenvalue weighted by Crippen LogP contribution is 2.37. The van der Waals surface area contributed by atoms with E-state index in [0.717, 1.165) is 13.2 Å². The fourth-order valence-corrected chi connectivity index (χ4v) is 1.63. The molecule has 7 heteroatoms. The van der Waals surface area contributed by atoms with Gasteiger partial charge in [0.05, 0.1) is 13.3 Å². The number of rotatable bonds is 2. The fourth-order valence-electron chi connectivity index (χ4n) is 1.63. The molecule has 0 aliphatic carbocycles. The smallest absolute Gasteiger partial charge is 0.204 e. The molecule has 0 spiro atoms. The molecule has 1 heterocycles. The van der Waals surface area contributed by atoms with Crippen LogP contribution in [0.15, 0.2) is 12.3 Å². The number of aryl methyl sites for hydroxylation is 1. The van der Waals surface area contributed by atoms with Gasteiger partial charge in [-0.25, -0.2) is 8.78 Å². The number of anilines is 1. The quantitative estimate of drug-likeness (QED) is 0.838. The zero-order valence-electron chi connectivity index (χ0n) is 9.67. The first kappa shape index (κ1) is 12.3. The van der Waals surface area contributed by atoms with Crippen LogP contribution >= 0.6 is 0 Å². The van der Waals surface area contributed by atoms with Gasteiger partial charge in [-0.2, -0.15) is 9.49 Å². The summed E-state index contributed by atoms with van der Waals surface area (Å²) in [4.78, 5) is 0. The maximum Gasteiger partial charge on any atom is 0.204 e. The molecule has 0 aliphatic heterocycles. The molecule has 0 saturated heterocycles. The van der Waals surface area contributed by atoms with Crippen molar-refractivity contribution in [2.24, 2.45) is 7.05 Å². The summed E-state index contributed by atoms with van der Waals surface area (Å²) in [6.45, 7) is 0. The Labute approximate surface area is 101 Å². The van der Waals surface area contributed by atoms with E-state index in [-0.39, 0.29) is 16.9 Å². The molecule has 2 N–H and O–H groups in total. The first-order chi connectivity index (χ1) is 8.47. The summed E-state index contributed by atoms with van der Waals surface area (Å²) in [5, 5.41) is 3.85. The number of aromatic nitrogens is 2. The Balaban J connectivity index is 2.75. The Bertz CT molecular complexity index is 610. The standard InChI is InChI=1S/C11H10F3N3O/c1-17-11(15)6(4-16-17)5-3-7(12)8(13)9(14)10(5)18-2/h3-4H,15H2,1-2H3. The van der Waals surface area contributed by atoms with Crippen molar-refractivity contribution in [2.45, 2.75) is 0 Å². The van der Waals surface area contributed by atoms with E-state index in [1.165, 1.54) is 10.9 Å². The highest BCUT2D eigenvalue weighted by atomic mass is 19.2. The van der Waals surface area contributed by atoms with E-state index < -0.39 is 23.2 Å². The molecule has 96 valence electrons. The lowest BCUT2D eigenvalue weighted by atomic mass is 10.1. The van der Waals surface area contributed by atoms with Crippen molar-refractivity contribution in [3.8, 4) is 16.9 Å². The minimum atomic E-state index is -1.59. The van der Waals surface area contributed by atoms with Crippen LogP contribution in [0.1, 0.15) is 0 Å². The van der Waals surface area contributed by atoms with E-state index in [2.05, 4.69) is 5.10 Å². The zero-order valence-corrected chi connectivity index (χ0v) is 9.67. The van der Waals surface area contributed by atoms with E-state index in [0.29, 0.717) is 0 Å². The van der Waals surface area contributed by atoms with Gasteiger partial charge in [-0.15, -0.1) is 0 Å². The van der Waals surface area contributed by atoms with Crippen molar-refractivity contribution < 1.29 is 17.9 Å². The van der Waals surface area contributed by atoms with Gasteiger partial charge in [-0.3, -0.25) is 4.68 Å². The third-order valence-corrected chi connectivity index (χ3v) is 2.60. The Morgan fingerprint density at radius 3 is 2.39 bits per heavy atom. The largest absolute Gasteiger partial charge is 0.493 e. The Hall–Kier alpha value is -2.18. The molecule has 2 rings (SSSR count). The molecule has 1 aromatic carbocycles. The minimum absolute atomic E-state index is 0.0134. The second-order valence-electron chi connectivity index (χ2n) is 3.63. The van der Waals surface area contributed by atoms with Crippen LogP contribution in [-0.4, -0.2) is 16.9 Å². The van der Waals surface area contributed by atoms with Gasteiger partial charge >= 0.3 is 0 Å². The first-order valence-corrected chi connectivity index (χ1v) is 4.96. The normalized spacial score (nSPS) is 10.7. The lowest BCUT2D eigenvalue weighted by Crippen LogP contribution is -2.01. The summed E-state index contributed by atoms with van der Waals surface area (Å²) in [5.41, 5.74) is 5.99. The van der Waals surface area contributed by atoms with Crippen molar-refractivity contribution in [1.29, 1.82) is 0 Å². The van der Waals surface area contributed by atoms with Gasteiger partial charge in [0, 0.05) is 18.2 Å². The molecule has 0 saturated carbocycles. The van der Waals surface area contributed by atoms with Gasteiger partial charge in [-0.05, 0) is 6.07 Å². The SMILES string of the molecule is COc1c(-c2cnn(C)c2N)cc(F)c(F)c1F. The molecule has 0 unspecified atom stereocenters. The van der Waals surface area contributed by atoms with Crippen LogP contribution in [0.4, 0.5) is 19.0 Å². The third-order valence-electron chi connectivity index (χ3n) is 2.60. The zero-order chi connectivity index (χ0) is 13.4. The highest BCUT2D eigenvalue weighted by molar-refractivity contribution is 5.78. The number of hydrogen-bond acceptors (Lipinski definition) is 3. The van der Waals surface area contributed by atoms with E-state index in [9.17, 15) is 13.2 Å². The molecule has 4 nitrogen and oxygen atoms in total. The summed E-state index contributed by atoms with van der Waals surface area (Å²) >= 11 is 0. The molecule has 0 bridgehead atoms. The average Bonchev–Trinajstić information content (AvgIpc) is 2.67. The molecule has 0 atom stereocenters. The van der Waals surface area contributed by atoms with Crippen molar-refractivity contribution in [1.82, 2.24) is 9.78 Å². The number of hydrogen-bond donors (Lipinski definition) is 1. The van der Waals surface area contributed by atoms with Crippen molar-refractivity contribution in [2.75, 3.05) is 12.8 Å². The molecule has 0 radical (unpaired) electrons. The number of nitrogens with two attached hydrogens (primary N) is 1. The highest BCUT2D eigenvalue weighted by Gasteiger charge is 2.22. The number of methoxy groups -OCH3 is 1. The molecule has 0 fully saturated rings. The summed E-state index contributed by atoms with van der Waals surface area (Å²) < 4.78 is 46.0. The van der Waals surface area contributed by atoms with Crippen LogP contribution in [-0.2, 0) is 7.05 Å². The van der Waals surface area contributed by atoms with Crippen LogP contribution in [0.25, 0.3) is 11.1 Å². The number of benzene rings is 1.